The van der Waals surface area contributed by atoms with E-state index < -0.39 is 0 Å². The van der Waals surface area contributed by atoms with Crippen molar-refractivity contribution in [3.05, 3.63) is 46.7 Å². The molecule has 0 bridgehead atoms. The molecular weight excluding hydrogens is 308 g/mol. The highest BCUT2D eigenvalue weighted by Crippen LogP contribution is 2.39. The summed E-state index contributed by atoms with van der Waals surface area (Å²) in [6.45, 7) is 2.16. The molecule has 2 aliphatic rings. The van der Waals surface area contributed by atoms with E-state index in [1.54, 1.807) is 11.3 Å². The van der Waals surface area contributed by atoms with E-state index >= 15 is 0 Å². The van der Waals surface area contributed by atoms with Gasteiger partial charge >= 0.3 is 0 Å². The van der Waals surface area contributed by atoms with Gasteiger partial charge in [0.2, 0.25) is 0 Å². The maximum absolute atomic E-state index is 12.8. The van der Waals surface area contributed by atoms with Crippen LogP contribution in [0.4, 0.5) is 0 Å². The second kappa shape index (κ2) is 4.89. The van der Waals surface area contributed by atoms with Crippen LogP contribution in [0.3, 0.4) is 0 Å². The Kier molecular flexibility index (Phi) is 2.82. The van der Waals surface area contributed by atoms with Crippen molar-refractivity contribution in [1.29, 1.82) is 0 Å². The molecule has 1 saturated carbocycles. The topological polar surface area (TPSA) is 51.0 Å². The zero-order valence-electron chi connectivity index (χ0n) is 12.6. The van der Waals surface area contributed by atoms with E-state index in [1.165, 1.54) is 18.5 Å². The molecular formula is C17H16N4OS. The molecule has 0 unspecified atom stereocenters. The van der Waals surface area contributed by atoms with Gasteiger partial charge in [0.15, 0.2) is 0 Å². The van der Waals surface area contributed by atoms with E-state index in [0.717, 1.165) is 34.6 Å². The summed E-state index contributed by atoms with van der Waals surface area (Å²) in [5.41, 5.74) is 5.89. The first-order valence-electron chi connectivity index (χ1n) is 7.97. The first-order chi connectivity index (χ1) is 11.3. The fraction of sp³-hybridized carbons (Fsp3) is 0.353. The van der Waals surface area contributed by atoms with Gasteiger partial charge in [-0.3, -0.25) is 9.48 Å². The van der Waals surface area contributed by atoms with Crippen molar-refractivity contribution >= 4 is 27.5 Å². The fourth-order valence-corrected chi connectivity index (χ4v) is 3.93. The van der Waals surface area contributed by atoms with Crippen molar-refractivity contribution in [2.75, 3.05) is 6.54 Å². The van der Waals surface area contributed by atoms with Gasteiger partial charge in [0, 0.05) is 18.0 Å². The lowest BCUT2D eigenvalue weighted by atomic mass is 10.1. The molecule has 0 spiro atoms. The SMILES string of the molecule is O=C(c1ccc2ncsc2c1)N1CCn2nc(C3CC3)cc2C1. The standard InChI is InChI=1S/C17H16N4OS/c22-17(12-3-4-14-16(7-12)23-10-18-14)20-5-6-21-13(9-20)8-15(19-21)11-1-2-11/h3-4,7-8,10-11H,1-2,5-6,9H2. The lowest BCUT2D eigenvalue weighted by Crippen LogP contribution is -2.38. The van der Waals surface area contributed by atoms with Crippen molar-refractivity contribution in [2.24, 2.45) is 0 Å². The number of thiazole rings is 1. The molecule has 3 heterocycles. The minimum atomic E-state index is 0.0979. The lowest BCUT2D eigenvalue weighted by Gasteiger charge is -2.27. The number of amides is 1. The van der Waals surface area contributed by atoms with E-state index in [9.17, 15) is 4.79 Å². The van der Waals surface area contributed by atoms with Crippen LogP contribution in [0.5, 0.6) is 0 Å². The minimum Gasteiger partial charge on any atom is -0.331 e. The summed E-state index contributed by atoms with van der Waals surface area (Å²) < 4.78 is 3.14. The number of hydrogen-bond acceptors (Lipinski definition) is 4. The fourth-order valence-electron chi connectivity index (χ4n) is 3.21. The summed E-state index contributed by atoms with van der Waals surface area (Å²) >= 11 is 1.57. The molecule has 0 radical (unpaired) electrons. The third-order valence-electron chi connectivity index (χ3n) is 4.68. The van der Waals surface area contributed by atoms with Gasteiger partial charge in [-0.05, 0) is 37.1 Å². The molecule has 5 nitrogen and oxygen atoms in total. The highest BCUT2D eigenvalue weighted by Gasteiger charge is 2.29. The molecule has 1 aromatic carbocycles. The Morgan fingerprint density at radius 3 is 3.00 bits per heavy atom. The Morgan fingerprint density at radius 2 is 2.13 bits per heavy atom. The van der Waals surface area contributed by atoms with E-state index in [4.69, 9.17) is 0 Å². The zero-order valence-corrected chi connectivity index (χ0v) is 13.4. The molecule has 1 fully saturated rings. The number of carbonyl (C=O) groups excluding carboxylic acids is 1. The van der Waals surface area contributed by atoms with Crippen LogP contribution in [0.1, 0.15) is 40.5 Å². The first kappa shape index (κ1) is 13.2. The lowest BCUT2D eigenvalue weighted by molar-refractivity contribution is 0.0706. The van der Waals surface area contributed by atoms with Crippen LogP contribution in [0, 0.1) is 0 Å². The van der Waals surface area contributed by atoms with Crippen LogP contribution in [-0.4, -0.2) is 32.1 Å². The Labute approximate surface area is 137 Å². The van der Waals surface area contributed by atoms with Crippen LogP contribution < -0.4 is 0 Å². The van der Waals surface area contributed by atoms with Crippen molar-refractivity contribution in [3.63, 3.8) is 0 Å². The first-order valence-corrected chi connectivity index (χ1v) is 8.85. The molecule has 23 heavy (non-hydrogen) atoms. The quantitative estimate of drug-likeness (QED) is 0.728. The summed E-state index contributed by atoms with van der Waals surface area (Å²) in [5, 5.41) is 4.69. The monoisotopic (exact) mass is 324 g/mol. The predicted octanol–water partition coefficient (Wildman–Crippen LogP) is 3.03. The number of rotatable bonds is 2. The normalized spacial score (nSPS) is 17.5. The van der Waals surface area contributed by atoms with Crippen molar-refractivity contribution in [3.8, 4) is 0 Å². The highest BCUT2D eigenvalue weighted by atomic mass is 32.1. The van der Waals surface area contributed by atoms with Gasteiger partial charge < -0.3 is 4.90 Å². The molecule has 0 atom stereocenters. The van der Waals surface area contributed by atoms with Crippen LogP contribution in [0.15, 0.2) is 29.8 Å². The summed E-state index contributed by atoms with van der Waals surface area (Å²) in [4.78, 5) is 19.0. The summed E-state index contributed by atoms with van der Waals surface area (Å²) in [5.74, 6) is 0.756. The molecule has 1 aliphatic carbocycles. The van der Waals surface area contributed by atoms with Crippen LogP contribution >= 0.6 is 11.3 Å². The third-order valence-corrected chi connectivity index (χ3v) is 5.47. The highest BCUT2D eigenvalue weighted by molar-refractivity contribution is 7.16. The average Bonchev–Trinajstić information content (AvgIpc) is 3.17. The van der Waals surface area contributed by atoms with Crippen LogP contribution in [0.2, 0.25) is 0 Å². The molecule has 1 aliphatic heterocycles. The second-order valence-electron chi connectivity index (χ2n) is 6.32. The largest absolute Gasteiger partial charge is 0.331 e. The Balaban J connectivity index is 1.41. The number of carbonyl (C=O) groups is 1. The molecule has 116 valence electrons. The van der Waals surface area contributed by atoms with Gasteiger partial charge in [0.1, 0.15) is 0 Å². The van der Waals surface area contributed by atoms with Gasteiger partial charge in [0.25, 0.3) is 5.91 Å². The van der Waals surface area contributed by atoms with Gasteiger partial charge in [-0.15, -0.1) is 11.3 Å². The van der Waals surface area contributed by atoms with E-state index in [-0.39, 0.29) is 5.91 Å². The smallest absolute Gasteiger partial charge is 0.254 e. The molecule has 2 aromatic heterocycles. The summed E-state index contributed by atoms with van der Waals surface area (Å²) in [6, 6.07) is 7.95. The number of fused-ring (bicyclic) bond motifs is 2. The van der Waals surface area contributed by atoms with Gasteiger partial charge in [0.05, 0.1) is 40.2 Å². The Hall–Kier alpha value is -2.21. The average molecular weight is 324 g/mol. The van der Waals surface area contributed by atoms with Crippen LogP contribution in [0.25, 0.3) is 10.2 Å². The Bertz CT molecular complexity index is 908. The number of nitrogens with zero attached hydrogens (tertiary/aromatic N) is 4. The predicted molar refractivity (Wildman–Crippen MR) is 88.6 cm³/mol. The number of benzene rings is 1. The van der Waals surface area contributed by atoms with E-state index in [0.29, 0.717) is 12.5 Å². The maximum atomic E-state index is 12.8. The van der Waals surface area contributed by atoms with E-state index in [2.05, 4.69) is 20.8 Å². The van der Waals surface area contributed by atoms with E-state index in [1.807, 2.05) is 28.6 Å². The summed E-state index contributed by atoms with van der Waals surface area (Å²) in [7, 11) is 0. The number of aromatic nitrogens is 3. The molecule has 6 heteroatoms. The second-order valence-corrected chi connectivity index (χ2v) is 7.21. The van der Waals surface area contributed by atoms with Crippen molar-refractivity contribution < 1.29 is 4.79 Å². The van der Waals surface area contributed by atoms with Gasteiger partial charge in [-0.2, -0.15) is 5.10 Å². The van der Waals surface area contributed by atoms with Crippen molar-refractivity contribution in [1.82, 2.24) is 19.7 Å². The molecule has 1 amide bonds. The molecule has 0 N–H and O–H groups in total. The minimum absolute atomic E-state index is 0.0979. The molecule has 0 saturated heterocycles. The van der Waals surface area contributed by atoms with Crippen LogP contribution in [-0.2, 0) is 13.1 Å². The van der Waals surface area contributed by atoms with Gasteiger partial charge in [-0.25, -0.2) is 4.98 Å². The number of hydrogen-bond donors (Lipinski definition) is 0. The summed E-state index contributed by atoms with van der Waals surface area (Å²) in [6.07, 6.45) is 2.52. The van der Waals surface area contributed by atoms with Gasteiger partial charge in [-0.1, -0.05) is 0 Å². The molecule has 3 aromatic rings. The third kappa shape index (κ3) is 2.25. The van der Waals surface area contributed by atoms with Crippen molar-refractivity contribution in [2.45, 2.75) is 31.8 Å². The zero-order chi connectivity index (χ0) is 15.4. The maximum Gasteiger partial charge on any atom is 0.254 e. The Morgan fingerprint density at radius 1 is 1.22 bits per heavy atom. The molecule has 5 rings (SSSR count).